The summed E-state index contributed by atoms with van der Waals surface area (Å²) < 4.78 is 5.32. The van der Waals surface area contributed by atoms with Crippen LogP contribution in [0.4, 0.5) is 0 Å². The SMILES string of the molecule is CCc1ccc(C(=O)N(CC(=O)O)C(C)C)o1. The third-order valence-electron chi connectivity index (χ3n) is 2.41. The molecule has 0 radical (unpaired) electrons. The van der Waals surface area contributed by atoms with Gasteiger partial charge in [-0.2, -0.15) is 0 Å². The van der Waals surface area contributed by atoms with Gasteiger partial charge in [0, 0.05) is 12.5 Å². The summed E-state index contributed by atoms with van der Waals surface area (Å²) in [5, 5.41) is 8.76. The third-order valence-corrected chi connectivity index (χ3v) is 2.41. The Hall–Kier alpha value is -1.78. The van der Waals surface area contributed by atoms with E-state index in [1.54, 1.807) is 26.0 Å². The zero-order valence-electron chi connectivity index (χ0n) is 10.3. The van der Waals surface area contributed by atoms with Crippen molar-refractivity contribution in [1.82, 2.24) is 4.90 Å². The van der Waals surface area contributed by atoms with E-state index in [1.807, 2.05) is 6.92 Å². The van der Waals surface area contributed by atoms with E-state index < -0.39 is 5.97 Å². The van der Waals surface area contributed by atoms with Crippen LogP contribution in [0.5, 0.6) is 0 Å². The first-order valence-electron chi connectivity index (χ1n) is 5.57. The van der Waals surface area contributed by atoms with Crippen LogP contribution in [0, 0.1) is 0 Å². The molecule has 0 aliphatic carbocycles. The average molecular weight is 239 g/mol. The van der Waals surface area contributed by atoms with Crippen LogP contribution < -0.4 is 0 Å². The van der Waals surface area contributed by atoms with E-state index in [4.69, 9.17) is 9.52 Å². The van der Waals surface area contributed by atoms with Crippen LogP contribution in [-0.2, 0) is 11.2 Å². The number of furan rings is 1. The molecule has 1 rings (SSSR count). The molecule has 1 amide bonds. The molecule has 5 heteroatoms. The van der Waals surface area contributed by atoms with Crippen molar-refractivity contribution in [2.45, 2.75) is 33.2 Å². The number of aliphatic carboxylic acids is 1. The van der Waals surface area contributed by atoms with Crippen molar-refractivity contribution in [3.8, 4) is 0 Å². The summed E-state index contributed by atoms with van der Waals surface area (Å²) in [6.45, 7) is 5.14. The van der Waals surface area contributed by atoms with Gasteiger partial charge in [-0.1, -0.05) is 6.92 Å². The van der Waals surface area contributed by atoms with Crippen molar-refractivity contribution in [2.75, 3.05) is 6.54 Å². The first kappa shape index (κ1) is 13.3. The Balaban J connectivity index is 2.87. The smallest absolute Gasteiger partial charge is 0.323 e. The Bertz CT molecular complexity index is 408. The molecule has 0 aromatic carbocycles. The molecule has 0 aliphatic heterocycles. The largest absolute Gasteiger partial charge is 0.480 e. The third kappa shape index (κ3) is 3.34. The average Bonchev–Trinajstić information content (AvgIpc) is 2.72. The highest BCUT2D eigenvalue weighted by molar-refractivity contribution is 5.93. The first-order chi connectivity index (χ1) is 7.95. The lowest BCUT2D eigenvalue weighted by Gasteiger charge is -2.23. The lowest BCUT2D eigenvalue weighted by Crippen LogP contribution is -2.40. The van der Waals surface area contributed by atoms with Gasteiger partial charge in [0.15, 0.2) is 5.76 Å². The fraction of sp³-hybridized carbons (Fsp3) is 0.500. The van der Waals surface area contributed by atoms with Gasteiger partial charge in [0.05, 0.1) is 0 Å². The fourth-order valence-corrected chi connectivity index (χ4v) is 1.46. The Morgan fingerprint density at radius 2 is 2.06 bits per heavy atom. The second-order valence-corrected chi connectivity index (χ2v) is 4.04. The zero-order valence-corrected chi connectivity index (χ0v) is 10.3. The maximum atomic E-state index is 12.0. The molecule has 0 saturated carbocycles. The molecule has 0 spiro atoms. The predicted octanol–water partition coefficient (Wildman–Crippen LogP) is 1.78. The summed E-state index contributed by atoms with van der Waals surface area (Å²) in [7, 11) is 0. The molecule has 94 valence electrons. The maximum Gasteiger partial charge on any atom is 0.323 e. The van der Waals surface area contributed by atoms with Gasteiger partial charge in [-0.25, -0.2) is 0 Å². The molecule has 0 atom stereocenters. The van der Waals surface area contributed by atoms with Gasteiger partial charge in [-0.15, -0.1) is 0 Å². The summed E-state index contributed by atoms with van der Waals surface area (Å²) in [5.41, 5.74) is 0. The van der Waals surface area contributed by atoms with E-state index in [9.17, 15) is 9.59 Å². The van der Waals surface area contributed by atoms with E-state index in [0.717, 1.165) is 0 Å². The number of carboxylic acids is 1. The topological polar surface area (TPSA) is 70.8 Å². The van der Waals surface area contributed by atoms with Crippen molar-refractivity contribution >= 4 is 11.9 Å². The molecule has 1 aromatic rings. The van der Waals surface area contributed by atoms with E-state index in [1.165, 1.54) is 4.90 Å². The minimum atomic E-state index is -1.03. The van der Waals surface area contributed by atoms with Crippen LogP contribution in [0.25, 0.3) is 0 Å². The Morgan fingerprint density at radius 3 is 2.47 bits per heavy atom. The highest BCUT2D eigenvalue weighted by atomic mass is 16.4. The number of carboxylic acid groups (broad SMARTS) is 1. The second kappa shape index (κ2) is 5.52. The summed E-state index contributed by atoms with van der Waals surface area (Å²) in [6, 6.07) is 3.12. The first-order valence-corrected chi connectivity index (χ1v) is 5.57. The number of carbonyl (C=O) groups is 2. The molecular weight excluding hydrogens is 222 g/mol. The normalized spacial score (nSPS) is 10.6. The Morgan fingerprint density at radius 1 is 1.41 bits per heavy atom. The van der Waals surface area contributed by atoms with Crippen LogP contribution in [0.15, 0.2) is 16.5 Å². The van der Waals surface area contributed by atoms with E-state index in [-0.39, 0.29) is 24.3 Å². The van der Waals surface area contributed by atoms with Gasteiger partial charge < -0.3 is 14.4 Å². The quantitative estimate of drug-likeness (QED) is 0.850. The summed E-state index contributed by atoms with van der Waals surface area (Å²) >= 11 is 0. The molecule has 0 aliphatic rings. The highest BCUT2D eigenvalue weighted by Crippen LogP contribution is 2.13. The minimum absolute atomic E-state index is 0.186. The molecule has 0 fully saturated rings. The summed E-state index contributed by atoms with van der Waals surface area (Å²) in [5.74, 6) is -0.513. The van der Waals surface area contributed by atoms with Crippen molar-refractivity contribution in [1.29, 1.82) is 0 Å². The summed E-state index contributed by atoms with van der Waals surface area (Å²) in [6.07, 6.45) is 0.702. The Kier molecular flexibility index (Phi) is 4.31. The van der Waals surface area contributed by atoms with Crippen molar-refractivity contribution in [2.24, 2.45) is 0 Å². The number of hydrogen-bond donors (Lipinski definition) is 1. The molecule has 0 unspecified atom stereocenters. The minimum Gasteiger partial charge on any atom is -0.480 e. The molecule has 1 heterocycles. The molecule has 0 bridgehead atoms. The maximum absolute atomic E-state index is 12.0. The number of hydrogen-bond acceptors (Lipinski definition) is 3. The van der Waals surface area contributed by atoms with Crippen molar-refractivity contribution in [3.63, 3.8) is 0 Å². The van der Waals surface area contributed by atoms with Gasteiger partial charge >= 0.3 is 5.97 Å². The highest BCUT2D eigenvalue weighted by Gasteiger charge is 2.23. The Labute approximate surface area is 100 Å². The van der Waals surface area contributed by atoms with Gasteiger partial charge in [0.1, 0.15) is 12.3 Å². The fourth-order valence-electron chi connectivity index (χ4n) is 1.46. The standard InChI is InChI=1S/C12H17NO4/c1-4-9-5-6-10(17-9)12(16)13(8(2)3)7-11(14)15/h5-6,8H,4,7H2,1-3H3,(H,14,15). The van der Waals surface area contributed by atoms with Crippen molar-refractivity contribution in [3.05, 3.63) is 23.7 Å². The molecule has 0 saturated heterocycles. The predicted molar refractivity (Wildman–Crippen MR) is 61.9 cm³/mol. The number of rotatable bonds is 5. The number of carbonyl (C=O) groups excluding carboxylic acids is 1. The van der Waals surface area contributed by atoms with Crippen LogP contribution in [0.3, 0.4) is 0 Å². The zero-order chi connectivity index (χ0) is 13.0. The molecule has 1 N–H and O–H groups in total. The molecule has 5 nitrogen and oxygen atoms in total. The lowest BCUT2D eigenvalue weighted by atomic mass is 10.2. The van der Waals surface area contributed by atoms with Gasteiger partial charge in [0.2, 0.25) is 0 Å². The molecule has 17 heavy (non-hydrogen) atoms. The second-order valence-electron chi connectivity index (χ2n) is 4.04. The van der Waals surface area contributed by atoms with Gasteiger partial charge in [0.25, 0.3) is 5.91 Å². The van der Waals surface area contributed by atoms with E-state index >= 15 is 0 Å². The van der Waals surface area contributed by atoms with Gasteiger partial charge in [-0.3, -0.25) is 9.59 Å². The monoisotopic (exact) mass is 239 g/mol. The molecular formula is C12H17NO4. The number of nitrogens with zero attached hydrogens (tertiary/aromatic N) is 1. The van der Waals surface area contributed by atoms with Crippen molar-refractivity contribution < 1.29 is 19.1 Å². The van der Waals surface area contributed by atoms with Crippen LogP contribution >= 0.6 is 0 Å². The lowest BCUT2D eigenvalue weighted by molar-refractivity contribution is -0.138. The van der Waals surface area contributed by atoms with Crippen LogP contribution in [0.2, 0.25) is 0 Å². The van der Waals surface area contributed by atoms with Gasteiger partial charge in [-0.05, 0) is 26.0 Å². The van der Waals surface area contributed by atoms with E-state index in [2.05, 4.69) is 0 Å². The molecule has 1 aromatic heterocycles. The van der Waals surface area contributed by atoms with E-state index in [0.29, 0.717) is 12.2 Å². The number of aryl methyl sites for hydroxylation is 1. The number of amides is 1. The van der Waals surface area contributed by atoms with Crippen LogP contribution in [-0.4, -0.2) is 34.5 Å². The van der Waals surface area contributed by atoms with Crippen LogP contribution in [0.1, 0.15) is 37.1 Å². The summed E-state index contributed by atoms with van der Waals surface area (Å²) in [4.78, 5) is 24.0.